The standard InChI is InChI=1S/C15H20ClNO4S/c1-11(15(19)17-8-9-20-2)21-14(18)7-10-22-13-5-3-12(16)4-6-13/h3-6,11H,7-10H2,1-2H3,(H,17,19)/t11-/m0/s1. The number of hydrogen-bond donors (Lipinski definition) is 1. The Morgan fingerprint density at radius 3 is 2.64 bits per heavy atom. The Morgan fingerprint density at radius 1 is 1.32 bits per heavy atom. The molecule has 0 radical (unpaired) electrons. The van der Waals surface area contributed by atoms with Crippen LogP contribution in [0.4, 0.5) is 0 Å². The number of benzene rings is 1. The first-order chi connectivity index (χ1) is 10.5. The van der Waals surface area contributed by atoms with Gasteiger partial charge in [-0.15, -0.1) is 11.8 Å². The van der Waals surface area contributed by atoms with E-state index in [1.54, 1.807) is 26.2 Å². The number of nitrogens with one attached hydrogen (secondary N) is 1. The van der Waals surface area contributed by atoms with Crippen molar-refractivity contribution in [1.82, 2.24) is 5.32 Å². The van der Waals surface area contributed by atoms with Crippen molar-refractivity contribution < 1.29 is 19.1 Å². The van der Waals surface area contributed by atoms with Gasteiger partial charge in [0, 0.05) is 29.3 Å². The third kappa shape index (κ3) is 7.68. The van der Waals surface area contributed by atoms with Gasteiger partial charge in [0.2, 0.25) is 0 Å². The number of amides is 1. The van der Waals surface area contributed by atoms with E-state index in [1.807, 2.05) is 12.1 Å². The quantitative estimate of drug-likeness (QED) is 0.423. The molecule has 22 heavy (non-hydrogen) atoms. The predicted octanol–water partition coefficient (Wildman–Crippen LogP) is 2.52. The minimum Gasteiger partial charge on any atom is -0.453 e. The normalized spacial score (nSPS) is 11.8. The fourth-order valence-electron chi connectivity index (χ4n) is 1.51. The van der Waals surface area contributed by atoms with Gasteiger partial charge in [-0.3, -0.25) is 9.59 Å². The van der Waals surface area contributed by atoms with Crippen molar-refractivity contribution in [1.29, 1.82) is 0 Å². The van der Waals surface area contributed by atoms with Gasteiger partial charge in [0.15, 0.2) is 6.10 Å². The summed E-state index contributed by atoms with van der Waals surface area (Å²) in [5.41, 5.74) is 0. The zero-order valence-electron chi connectivity index (χ0n) is 12.6. The summed E-state index contributed by atoms with van der Waals surface area (Å²) in [5, 5.41) is 3.29. The fraction of sp³-hybridized carbons (Fsp3) is 0.467. The maximum Gasteiger partial charge on any atom is 0.307 e. The van der Waals surface area contributed by atoms with Crippen molar-refractivity contribution in [2.45, 2.75) is 24.3 Å². The highest BCUT2D eigenvalue weighted by Gasteiger charge is 2.16. The zero-order valence-corrected chi connectivity index (χ0v) is 14.2. The highest BCUT2D eigenvalue weighted by atomic mass is 35.5. The van der Waals surface area contributed by atoms with Crippen LogP contribution in [0.25, 0.3) is 0 Å². The molecule has 122 valence electrons. The molecule has 0 aliphatic rings. The smallest absolute Gasteiger partial charge is 0.307 e. The molecule has 0 bridgehead atoms. The number of thioether (sulfide) groups is 1. The molecule has 1 aromatic carbocycles. The van der Waals surface area contributed by atoms with E-state index in [2.05, 4.69) is 5.32 Å². The van der Waals surface area contributed by atoms with Crippen molar-refractivity contribution in [3.63, 3.8) is 0 Å². The van der Waals surface area contributed by atoms with Crippen LogP contribution in [0.1, 0.15) is 13.3 Å². The van der Waals surface area contributed by atoms with Crippen LogP contribution >= 0.6 is 23.4 Å². The molecule has 0 saturated carbocycles. The average molecular weight is 346 g/mol. The van der Waals surface area contributed by atoms with Crippen LogP contribution in [0.2, 0.25) is 5.02 Å². The molecular weight excluding hydrogens is 326 g/mol. The van der Waals surface area contributed by atoms with Crippen molar-refractivity contribution in [2.24, 2.45) is 0 Å². The second kappa shape index (κ2) is 10.5. The molecule has 1 amide bonds. The lowest BCUT2D eigenvalue weighted by Crippen LogP contribution is -2.37. The second-order valence-corrected chi connectivity index (χ2v) is 6.07. The zero-order chi connectivity index (χ0) is 16.4. The minimum absolute atomic E-state index is 0.239. The van der Waals surface area contributed by atoms with Gasteiger partial charge in [0.1, 0.15) is 0 Å². The number of carbonyl (C=O) groups excluding carboxylic acids is 2. The third-order valence-corrected chi connectivity index (χ3v) is 3.94. The number of halogens is 1. The van der Waals surface area contributed by atoms with E-state index in [1.165, 1.54) is 11.8 Å². The lowest BCUT2D eigenvalue weighted by atomic mass is 10.3. The summed E-state index contributed by atoms with van der Waals surface area (Å²) in [4.78, 5) is 24.3. The lowest BCUT2D eigenvalue weighted by Gasteiger charge is -2.13. The van der Waals surface area contributed by atoms with Crippen LogP contribution in [0.5, 0.6) is 0 Å². The summed E-state index contributed by atoms with van der Waals surface area (Å²) in [6.45, 7) is 2.36. The second-order valence-electron chi connectivity index (χ2n) is 4.47. The van der Waals surface area contributed by atoms with Crippen molar-refractivity contribution in [2.75, 3.05) is 26.0 Å². The minimum atomic E-state index is -0.801. The Kier molecular flexibility index (Phi) is 8.96. The number of methoxy groups -OCH3 is 1. The third-order valence-electron chi connectivity index (χ3n) is 2.67. The first-order valence-electron chi connectivity index (χ1n) is 6.87. The highest BCUT2D eigenvalue weighted by molar-refractivity contribution is 7.99. The highest BCUT2D eigenvalue weighted by Crippen LogP contribution is 2.21. The Labute approximate surface area is 139 Å². The van der Waals surface area contributed by atoms with Gasteiger partial charge in [0.25, 0.3) is 5.91 Å². The molecule has 1 rings (SSSR count). The molecule has 0 aliphatic heterocycles. The molecule has 0 saturated heterocycles. The van der Waals surface area contributed by atoms with Gasteiger partial charge in [-0.2, -0.15) is 0 Å². The van der Waals surface area contributed by atoms with Crippen molar-refractivity contribution in [3.05, 3.63) is 29.3 Å². The number of esters is 1. The Morgan fingerprint density at radius 2 is 2.00 bits per heavy atom. The molecule has 0 heterocycles. The lowest BCUT2D eigenvalue weighted by molar-refractivity contribution is -0.154. The van der Waals surface area contributed by atoms with Crippen LogP contribution in [0.3, 0.4) is 0 Å². The largest absolute Gasteiger partial charge is 0.453 e. The maximum atomic E-state index is 11.7. The summed E-state index contributed by atoms with van der Waals surface area (Å²) < 4.78 is 9.90. The summed E-state index contributed by atoms with van der Waals surface area (Å²) in [7, 11) is 1.55. The first kappa shape index (κ1) is 18.8. The van der Waals surface area contributed by atoms with Crippen LogP contribution in [0.15, 0.2) is 29.2 Å². The molecule has 0 aliphatic carbocycles. The topological polar surface area (TPSA) is 64.6 Å². The van der Waals surface area contributed by atoms with Crippen LogP contribution in [-0.4, -0.2) is 44.0 Å². The summed E-state index contributed by atoms with van der Waals surface area (Å²) in [6, 6.07) is 7.39. The number of ether oxygens (including phenoxy) is 2. The molecule has 5 nitrogen and oxygen atoms in total. The average Bonchev–Trinajstić information content (AvgIpc) is 2.49. The number of rotatable bonds is 9. The van der Waals surface area contributed by atoms with E-state index in [-0.39, 0.29) is 12.3 Å². The van der Waals surface area contributed by atoms with E-state index in [0.717, 1.165) is 4.90 Å². The van der Waals surface area contributed by atoms with Crippen LogP contribution < -0.4 is 5.32 Å². The molecular formula is C15H20ClNO4S. The van der Waals surface area contributed by atoms with Gasteiger partial charge in [0.05, 0.1) is 13.0 Å². The predicted molar refractivity (Wildman–Crippen MR) is 87.2 cm³/mol. The van der Waals surface area contributed by atoms with Crippen molar-refractivity contribution in [3.8, 4) is 0 Å². The van der Waals surface area contributed by atoms with Gasteiger partial charge in [-0.1, -0.05) is 11.6 Å². The Balaban J connectivity index is 2.22. The number of carbonyl (C=O) groups is 2. The Hall–Kier alpha value is -1.24. The Bertz CT molecular complexity index is 481. The fourth-order valence-corrected chi connectivity index (χ4v) is 2.47. The molecule has 7 heteroatoms. The van der Waals surface area contributed by atoms with E-state index >= 15 is 0 Å². The molecule has 0 unspecified atom stereocenters. The molecule has 0 spiro atoms. The molecule has 1 atom stereocenters. The van der Waals surface area contributed by atoms with E-state index in [9.17, 15) is 9.59 Å². The van der Waals surface area contributed by atoms with E-state index in [0.29, 0.717) is 23.9 Å². The molecule has 1 N–H and O–H groups in total. The number of hydrogen-bond acceptors (Lipinski definition) is 5. The van der Waals surface area contributed by atoms with Gasteiger partial charge >= 0.3 is 5.97 Å². The van der Waals surface area contributed by atoms with Crippen LogP contribution in [0, 0.1) is 0 Å². The first-order valence-corrected chi connectivity index (χ1v) is 8.23. The van der Waals surface area contributed by atoms with E-state index in [4.69, 9.17) is 21.1 Å². The molecule has 0 fully saturated rings. The van der Waals surface area contributed by atoms with Crippen LogP contribution in [-0.2, 0) is 19.1 Å². The SMILES string of the molecule is COCCNC(=O)[C@H](C)OC(=O)CCSc1ccc(Cl)cc1. The summed E-state index contributed by atoms with van der Waals surface area (Å²) in [6.07, 6.45) is -0.562. The van der Waals surface area contributed by atoms with Crippen molar-refractivity contribution >= 4 is 35.2 Å². The van der Waals surface area contributed by atoms with Gasteiger partial charge in [-0.05, 0) is 31.2 Å². The molecule has 1 aromatic rings. The van der Waals surface area contributed by atoms with Gasteiger partial charge < -0.3 is 14.8 Å². The maximum absolute atomic E-state index is 11.7. The summed E-state index contributed by atoms with van der Waals surface area (Å²) >= 11 is 7.33. The summed E-state index contributed by atoms with van der Waals surface area (Å²) in [5.74, 6) is -0.134. The van der Waals surface area contributed by atoms with E-state index < -0.39 is 12.1 Å². The van der Waals surface area contributed by atoms with Gasteiger partial charge in [-0.25, -0.2) is 0 Å². The molecule has 0 aromatic heterocycles. The monoisotopic (exact) mass is 345 g/mol.